The molecule has 1 aromatic carbocycles. The fraction of sp³-hybridized carbons (Fsp3) is 0.471. The van der Waals surface area contributed by atoms with Crippen LogP contribution in [0.15, 0.2) is 36.5 Å². The van der Waals surface area contributed by atoms with E-state index in [4.69, 9.17) is 4.74 Å². The molecule has 124 valence electrons. The smallest absolute Gasteiger partial charge is 0.318 e. The van der Waals surface area contributed by atoms with Gasteiger partial charge in [0.15, 0.2) is 0 Å². The predicted molar refractivity (Wildman–Crippen MR) is 89.9 cm³/mol. The molecule has 0 aliphatic carbocycles. The molecule has 1 unspecified atom stereocenters. The van der Waals surface area contributed by atoms with Crippen molar-refractivity contribution in [2.75, 3.05) is 31.3 Å². The van der Waals surface area contributed by atoms with E-state index < -0.39 is 0 Å². The summed E-state index contributed by atoms with van der Waals surface area (Å²) in [6.07, 6.45) is 5.79. The summed E-state index contributed by atoms with van der Waals surface area (Å²) in [6.45, 7) is 4.38. The Bertz CT molecular complexity index is 575. The summed E-state index contributed by atoms with van der Waals surface area (Å²) < 4.78 is 5.56. The Morgan fingerprint density at radius 3 is 3.13 bits per heavy atom. The van der Waals surface area contributed by atoms with Gasteiger partial charge in [-0.05, 0) is 24.5 Å². The normalized spacial score (nSPS) is 20.3. The van der Waals surface area contributed by atoms with E-state index >= 15 is 0 Å². The standard InChI is InChI=1S/C17H24N4O2/c1-2-9-18-17(22)20-11-12-23-13-16(20)19-21-10-5-7-14-6-3-4-8-15(14)21/h3-6,8,10,16,19H,2,7,9,11-13H2,1H3,(H,18,22). The number of para-hydroxylation sites is 1. The molecular formula is C17H24N4O2. The van der Waals surface area contributed by atoms with Gasteiger partial charge in [-0.25, -0.2) is 10.2 Å². The van der Waals surface area contributed by atoms with Gasteiger partial charge in [-0.15, -0.1) is 0 Å². The number of urea groups is 1. The van der Waals surface area contributed by atoms with E-state index in [1.807, 2.05) is 35.2 Å². The van der Waals surface area contributed by atoms with E-state index in [0.29, 0.717) is 26.3 Å². The van der Waals surface area contributed by atoms with Crippen LogP contribution in [0.3, 0.4) is 0 Å². The van der Waals surface area contributed by atoms with Crippen LogP contribution < -0.4 is 15.8 Å². The first-order valence-corrected chi connectivity index (χ1v) is 8.21. The number of benzene rings is 1. The number of hydrogen-bond donors (Lipinski definition) is 2. The first-order chi connectivity index (χ1) is 11.3. The molecule has 2 heterocycles. The van der Waals surface area contributed by atoms with Crippen LogP contribution >= 0.6 is 0 Å². The lowest BCUT2D eigenvalue weighted by molar-refractivity contribution is 0.0000942. The number of ether oxygens (including phenoxy) is 1. The Kier molecular flexibility index (Phi) is 5.15. The maximum atomic E-state index is 12.3. The molecule has 1 saturated heterocycles. The molecule has 0 spiro atoms. The summed E-state index contributed by atoms with van der Waals surface area (Å²) in [6, 6.07) is 8.23. The van der Waals surface area contributed by atoms with Crippen molar-refractivity contribution in [2.24, 2.45) is 0 Å². The predicted octanol–water partition coefficient (Wildman–Crippen LogP) is 1.85. The number of nitrogens with zero attached hydrogens (tertiary/aromatic N) is 2. The van der Waals surface area contributed by atoms with E-state index in [-0.39, 0.29) is 12.2 Å². The molecule has 6 heteroatoms. The monoisotopic (exact) mass is 316 g/mol. The highest BCUT2D eigenvalue weighted by atomic mass is 16.5. The lowest BCUT2D eigenvalue weighted by Crippen LogP contribution is -2.61. The second kappa shape index (κ2) is 7.48. The van der Waals surface area contributed by atoms with Crippen LogP contribution in [0.2, 0.25) is 0 Å². The number of allylic oxidation sites excluding steroid dienone is 1. The van der Waals surface area contributed by atoms with Crippen LogP contribution in [0.4, 0.5) is 10.5 Å². The first kappa shape index (κ1) is 15.8. The molecule has 2 amide bonds. The van der Waals surface area contributed by atoms with Crippen molar-refractivity contribution in [3.8, 4) is 0 Å². The molecule has 0 aromatic heterocycles. The van der Waals surface area contributed by atoms with Crippen molar-refractivity contribution in [1.29, 1.82) is 0 Å². The van der Waals surface area contributed by atoms with Gasteiger partial charge in [0.25, 0.3) is 0 Å². The van der Waals surface area contributed by atoms with Crippen molar-refractivity contribution in [2.45, 2.75) is 25.9 Å². The Morgan fingerprint density at radius 2 is 2.26 bits per heavy atom. The number of fused-ring (bicyclic) bond motifs is 1. The summed E-state index contributed by atoms with van der Waals surface area (Å²) in [5.74, 6) is 0. The maximum Gasteiger partial charge on any atom is 0.318 e. The quantitative estimate of drug-likeness (QED) is 0.890. The minimum absolute atomic E-state index is 0.0399. The van der Waals surface area contributed by atoms with E-state index in [0.717, 1.165) is 18.5 Å². The number of anilines is 1. The molecule has 23 heavy (non-hydrogen) atoms. The van der Waals surface area contributed by atoms with Gasteiger partial charge in [-0.2, -0.15) is 0 Å². The minimum Gasteiger partial charge on any atom is -0.376 e. The molecule has 6 nitrogen and oxygen atoms in total. The van der Waals surface area contributed by atoms with E-state index in [9.17, 15) is 4.79 Å². The van der Waals surface area contributed by atoms with Gasteiger partial charge in [0.1, 0.15) is 6.17 Å². The van der Waals surface area contributed by atoms with Crippen molar-refractivity contribution < 1.29 is 9.53 Å². The van der Waals surface area contributed by atoms with Gasteiger partial charge in [-0.1, -0.05) is 31.2 Å². The molecule has 0 bridgehead atoms. The molecule has 1 fully saturated rings. The van der Waals surface area contributed by atoms with E-state index in [1.165, 1.54) is 5.56 Å². The number of morpholine rings is 1. The zero-order chi connectivity index (χ0) is 16.1. The summed E-state index contributed by atoms with van der Waals surface area (Å²) in [7, 11) is 0. The van der Waals surface area contributed by atoms with Gasteiger partial charge in [-0.3, -0.25) is 5.01 Å². The van der Waals surface area contributed by atoms with E-state index in [2.05, 4.69) is 29.0 Å². The summed E-state index contributed by atoms with van der Waals surface area (Å²) in [5.41, 5.74) is 5.79. The number of carbonyl (C=O) groups is 1. The lowest BCUT2D eigenvalue weighted by Gasteiger charge is -2.39. The maximum absolute atomic E-state index is 12.3. The summed E-state index contributed by atoms with van der Waals surface area (Å²) >= 11 is 0. The Hall–Kier alpha value is -2.05. The van der Waals surface area contributed by atoms with Crippen LogP contribution in [-0.4, -0.2) is 43.4 Å². The summed E-state index contributed by atoms with van der Waals surface area (Å²) in [5, 5.41) is 4.93. The number of hydrazine groups is 1. The van der Waals surface area contributed by atoms with Crippen molar-refractivity contribution in [1.82, 2.24) is 15.6 Å². The van der Waals surface area contributed by atoms with Gasteiger partial charge in [0.05, 0.1) is 18.9 Å². The number of amides is 2. The highest BCUT2D eigenvalue weighted by Crippen LogP contribution is 2.24. The number of hydrogen-bond acceptors (Lipinski definition) is 4. The largest absolute Gasteiger partial charge is 0.376 e. The highest BCUT2D eigenvalue weighted by Gasteiger charge is 2.29. The fourth-order valence-electron chi connectivity index (χ4n) is 2.84. The second-order valence-corrected chi connectivity index (χ2v) is 5.73. The number of nitrogens with one attached hydrogen (secondary N) is 2. The highest BCUT2D eigenvalue weighted by molar-refractivity contribution is 5.74. The molecule has 0 radical (unpaired) electrons. The third kappa shape index (κ3) is 3.65. The Labute approximate surface area is 137 Å². The Morgan fingerprint density at radius 1 is 1.39 bits per heavy atom. The molecule has 2 aliphatic heterocycles. The van der Waals surface area contributed by atoms with E-state index in [1.54, 1.807) is 0 Å². The molecule has 1 aromatic rings. The second-order valence-electron chi connectivity index (χ2n) is 5.73. The van der Waals surface area contributed by atoms with Crippen molar-refractivity contribution in [3.63, 3.8) is 0 Å². The van der Waals surface area contributed by atoms with Crippen molar-refractivity contribution in [3.05, 3.63) is 42.1 Å². The number of rotatable bonds is 4. The molecule has 0 saturated carbocycles. The van der Waals surface area contributed by atoms with Crippen LogP contribution in [0.1, 0.15) is 18.9 Å². The minimum atomic E-state index is -0.184. The zero-order valence-corrected chi connectivity index (χ0v) is 13.5. The van der Waals surface area contributed by atoms with Crippen LogP contribution in [0, 0.1) is 0 Å². The molecule has 3 rings (SSSR count). The van der Waals surface area contributed by atoms with Crippen LogP contribution in [-0.2, 0) is 11.2 Å². The molecule has 2 N–H and O–H groups in total. The average Bonchev–Trinajstić information content (AvgIpc) is 2.60. The molecular weight excluding hydrogens is 292 g/mol. The lowest BCUT2D eigenvalue weighted by atomic mass is 10.1. The Balaban J connectivity index is 1.71. The van der Waals surface area contributed by atoms with Crippen LogP contribution in [0.5, 0.6) is 0 Å². The SMILES string of the molecule is CCCNC(=O)N1CCOCC1NN1C=CCc2ccccc21. The first-order valence-electron chi connectivity index (χ1n) is 8.21. The third-order valence-corrected chi connectivity index (χ3v) is 4.05. The van der Waals surface area contributed by atoms with Crippen molar-refractivity contribution >= 4 is 11.7 Å². The topological polar surface area (TPSA) is 56.8 Å². The van der Waals surface area contributed by atoms with Gasteiger partial charge >= 0.3 is 6.03 Å². The average molecular weight is 316 g/mol. The molecule has 1 atom stereocenters. The fourth-order valence-corrected chi connectivity index (χ4v) is 2.84. The van der Waals surface area contributed by atoms with Gasteiger partial charge in [0, 0.05) is 19.3 Å². The molecule has 2 aliphatic rings. The third-order valence-electron chi connectivity index (χ3n) is 4.05. The summed E-state index contributed by atoms with van der Waals surface area (Å²) in [4.78, 5) is 14.1. The number of carbonyl (C=O) groups excluding carboxylic acids is 1. The van der Waals surface area contributed by atoms with Gasteiger partial charge < -0.3 is 15.0 Å². The zero-order valence-electron chi connectivity index (χ0n) is 13.5. The van der Waals surface area contributed by atoms with Gasteiger partial charge in [0.2, 0.25) is 0 Å². The van der Waals surface area contributed by atoms with Crippen LogP contribution in [0.25, 0.3) is 0 Å².